The maximum absolute atomic E-state index is 11.8. The normalized spacial score (nSPS) is 23.2. The Morgan fingerprint density at radius 2 is 1.96 bits per heavy atom. The van der Waals surface area contributed by atoms with Crippen molar-refractivity contribution in [1.29, 1.82) is 0 Å². The van der Waals surface area contributed by atoms with Crippen molar-refractivity contribution >= 4 is 5.97 Å². The summed E-state index contributed by atoms with van der Waals surface area (Å²) in [6, 6.07) is 9.78. The highest BCUT2D eigenvalue weighted by Crippen LogP contribution is 2.40. The van der Waals surface area contributed by atoms with Gasteiger partial charge in [-0.2, -0.15) is 0 Å². The lowest BCUT2D eigenvalue weighted by Crippen LogP contribution is -2.48. The van der Waals surface area contributed by atoms with Crippen LogP contribution in [-0.4, -0.2) is 30.9 Å². The van der Waals surface area contributed by atoms with E-state index in [0.717, 1.165) is 12.0 Å². The Labute approximate surface area is 142 Å². The first-order valence-electron chi connectivity index (χ1n) is 8.01. The number of hydrogen-bond donors (Lipinski definition) is 1. The molecule has 0 fully saturated rings. The number of rotatable bonds is 8. The van der Waals surface area contributed by atoms with Crippen LogP contribution in [0, 0.1) is 5.92 Å². The molecule has 1 aliphatic carbocycles. The minimum Gasteiger partial charge on any atom is -0.497 e. The first-order chi connectivity index (χ1) is 11.6. The molecule has 5 nitrogen and oxygen atoms in total. The predicted octanol–water partition coefficient (Wildman–Crippen LogP) is 3.52. The van der Waals surface area contributed by atoms with Gasteiger partial charge in [-0.15, -0.1) is 0 Å². The van der Waals surface area contributed by atoms with Crippen LogP contribution in [0.5, 0.6) is 0 Å². The molecule has 0 saturated heterocycles. The molecule has 0 spiro atoms. The third kappa shape index (κ3) is 3.46. The van der Waals surface area contributed by atoms with E-state index in [1.807, 2.05) is 37.3 Å². The van der Waals surface area contributed by atoms with Crippen molar-refractivity contribution in [2.45, 2.75) is 32.0 Å². The number of carboxylic acid groups (broad SMARTS) is 1. The molecule has 2 unspecified atom stereocenters. The number of aliphatic carboxylic acids is 1. The zero-order valence-electron chi connectivity index (χ0n) is 14.3. The molecule has 1 N–H and O–H groups in total. The summed E-state index contributed by atoms with van der Waals surface area (Å²) in [5, 5.41) is 9.70. The molecular formula is C19H24O5. The summed E-state index contributed by atoms with van der Waals surface area (Å²) in [5.41, 5.74) is -0.399. The van der Waals surface area contributed by atoms with Gasteiger partial charge in [0, 0.05) is 7.11 Å². The second kappa shape index (κ2) is 8.02. The summed E-state index contributed by atoms with van der Waals surface area (Å²) >= 11 is 0. The van der Waals surface area contributed by atoms with E-state index < -0.39 is 17.5 Å². The van der Waals surface area contributed by atoms with Crippen molar-refractivity contribution < 1.29 is 24.1 Å². The molecule has 24 heavy (non-hydrogen) atoms. The molecule has 1 aromatic carbocycles. The molecule has 130 valence electrons. The Balaban J connectivity index is 2.31. The zero-order valence-corrected chi connectivity index (χ0v) is 14.3. The number of carbonyl (C=O) groups is 1. The van der Waals surface area contributed by atoms with E-state index in [4.69, 9.17) is 14.2 Å². The molecule has 2 rings (SSSR count). The topological polar surface area (TPSA) is 65.0 Å². The molecule has 1 aliphatic rings. The van der Waals surface area contributed by atoms with E-state index in [9.17, 15) is 9.90 Å². The van der Waals surface area contributed by atoms with Gasteiger partial charge in [0.25, 0.3) is 0 Å². The van der Waals surface area contributed by atoms with Gasteiger partial charge in [0.1, 0.15) is 12.4 Å². The van der Waals surface area contributed by atoms with E-state index in [-0.39, 0.29) is 0 Å². The van der Waals surface area contributed by atoms with Crippen molar-refractivity contribution in [2.24, 2.45) is 5.92 Å². The second-order valence-electron chi connectivity index (χ2n) is 5.68. The highest BCUT2D eigenvalue weighted by Gasteiger charge is 2.49. The van der Waals surface area contributed by atoms with Crippen LogP contribution >= 0.6 is 0 Å². The third-order valence-corrected chi connectivity index (χ3v) is 4.27. The van der Waals surface area contributed by atoms with Crippen molar-refractivity contribution in [3.05, 3.63) is 59.6 Å². The van der Waals surface area contributed by atoms with Crippen LogP contribution in [0.25, 0.3) is 0 Å². The zero-order chi connectivity index (χ0) is 17.6. The number of allylic oxidation sites excluding steroid dienone is 1. The van der Waals surface area contributed by atoms with Gasteiger partial charge in [0.15, 0.2) is 11.4 Å². The van der Waals surface area contributed by atoms with Gasteiger partial charge in [-0.3, -0.25) is 0 Å². The van der Waals surface area contributed by atoms with Crippen molar-refractivity contribution in [2.75, 3.05) is 14.2 Å². The quantitative estimate of drug-likeness (QED) is 0.789. The lowest BCUT2D eigenvalue weighted by molar-refractivity contribution is -0.163. The Morgan fingerprint density at radius 1 is 1.25 bits per heavy atom. The molecular weight excluding hydrogens is 308 g/mol. The minimum atomic E-state index is -1.43. The van der Waals surface area contributed by atoms with Crippen LogP contribution < -0.4 is 0 Å². The number of hydrogen-bond acceptors (Lipinski definition) is 4. The summed E-state index contributed by atoms with van der Waals surface area (Å²) in [5.74, 6) is -0.407. The SMILES string of the molecule is CCCC1C(OC)=C(OCc2ccccc2)C=CC1(OC)C(=O)O. The fraction of sp³-hybridized carbons (Fsp3) is 0.421. The lowest BCUT2D eigenvalue weighted by Gasteiger charge is -2.37. The molecule has 2 atom stereocenters. The Kier molecular flexibility index (Phi) is 6.04. The fourth-order valence-corrected chi connectivity index (χ4v) is 3.01. The highest BCUT2D eigenvalue weighted by molar-refractivity contribution is 5.82. The van der Waals surface area contributed by atoms with E-state index in [0.29, 0.717) is 24.5 Å². The molecule has 0 heterocycles. The van der Waals surface area contributed by atoms with E-state index in [1.165, 1.54) is 14.2 Å². The largest absolute Gasteiger partial charge is 0.497 e. The molecule has 0 amide bonds. The van der Waals surface area contributed by atoms with Gasteiger partial charge in [-0.1, -0.05) is 43.7 Å². The maximum Gasteiger partial charge on any atom is 0.340 e. The van der Waals surface area contributed by atoms with Gasteiger partial charge in [0.05, 0.1) is 13.0 Å². The third-order valence-electron chi connectivity index (χ3n) is 4.27. The number of benzene rings is 1. The number of methoxy groups -OCH3 is 2. The Bertz CT molecular complexity index is 620. The van der Waals surface area contributed by atoms with Crippen LogP contribution in [-0.2, 0) is 25.6 Å². The van der Waals surface area contributed by atoms with Gasteiger partial charge in [0.2, 0.25) is 0 Å². The molecule has 0 radical (unpaired) electrons. The molecule has 0 aliphatic heterocycles. The summed E-state index contributed by atoms with van der Waals surface area (Å²) in [6.45, 7) is 2.39. The van der Waals surface area contributed by atoms with Crippen LogP contribution in [0.2, 0.25) is 0 Å². The van der Waals surface area contributed by atoms with Crippen molar-refractivity contribution in [3.63, 3.8) is 0 Å². The number of ether oxygens (including phenoxy) is 3. The van der Waals surface area contributed by atoms with Gasteiger partial charge >= 0.3 is 5.97 Å². The average molecular weight is 332 g/mol. The average Bonchev–Trinajstić information content (AvgIpc) is 2.61. The van der Waals surface area contributed by atoms with Crippen LogP contribution in [0.1, 0.15) is 25.3 Å². The summed E-state index contributed by atoms with van der Waals surface area (Å²) < 4.78 is 16.8. The van der Waals surface area contributed by atoms with Crippen molar-refractivity contribution in [1.82, 2.24) is 0 Å². The highest BCUT2D eigenvalue weighted by atomic mass is 16.5. The van der Waals surface area contributed by atoms with Crippen LogP contribution in [0.3, 0.4) is 0 Å². The van der Waals surface area contributed by atoms with Gasteiger partial charge in [-0.05, 0) is 24.1 Å². The van der Waals surface area contributed by atoms with E-state index in [1.54, 1.807) is 12.2 Å². The Hall–Kier alpha value is -2.27. The monoisotopic (exact) mass is 332 g/mol. The molecule has 0 saturated carbocycles. The molecule has 1 aromatic rings. The summed E-state index contributed by atoms with van der Waals surface area (Å²) in [7, 11) is 2.94. The maximum atomic E-state index is 11.8. The first kappa shape index (κ1) is 18.1. The van der Waals surface area contributed by atoms with Gasteiger partial charge in [-0.25, -0.2) is 4.79 Å². The summed E-state index contributed by atoms with van der Waals surface area (Å²) in [6.07, 6.45) is 4.60. The standard InChI is InChI=1S/C19H24O5/c1-4-8-15-17(22-2)16(11-12-19(15,23-3)18(20)21)24-13-14-9-6-5-7-10-14/h5-7,9-12,15H,4,8,13H2,1-3H3,(H,20,21). The fourth-order valence-electron chi connectivity index (χ4n) is 3.01. The molecule has 5 heteroatoms. The number of carboxylic acids is 1. The van der Waals surface area contributed by atoms with Crippen molar-refractivity contribution in [3.8, 4) is 0 Å². The Morgan fingerprint density at radius 3 is 2.50 bits per heavy atom. The lowest BCUT2D eigenvalue weighted by atomic mass is 9.78. The summed E-state index contributed by atoms with van der Waals surface area (Å²) in [4.78, 5) is 11.8. The minimum absolute atomic E-state index is 0.388. The molecule has 0 aromatic heterocycles. The van der Waals surface area contributed by atoms with Gasteiger partial charge < -0.3 is 19.3 Å². The smallest absolute Gasteiger partial charge is 0.340 e. The molecule has 0 bridgehead atoms. The van der Waals surface area contributed by atoms with E-state index in [2.05, 4.69) is 0 Å². The van der Waals surface area contributed by atoms with Crippen LogP contribution in [0.15, 0.2) is 54.0 Å². The predicted molar refractivity (Wildman–Crippen MR) is 90.2 cm³/mol. The first-order valence-corrected chi connectivity index (χ1v) is 8.01. The van der Waals surface area contributed by atoms with Crippen LogP contribution in [0.4, 0.5) is 0 Å². The second-order valence-corrected chi connectivity index (χ2v) is 5.68. The van der Waals surface area contributed by atoms with E-state index >= 15 is 0 Å².